The number of hydrogen-bond donors (Lipinski definition) is 0. The van der Waals surface area contributed by atoms with Gasteiger partial charge in [0.15, 0.2) is 0 Å². The summed E-state index contributed by atoms with van der Waals surface area (Å²) in [5, 5.41) is 21.1. The Balaban J connectivity index is 3.39. The summed E-state index contributed by atoms with van der Waals surface area (Å²) in [6.07, 6.45) is 0. The average molecular weight is 293 g/mol. The molecule has 86 valence electrons. The van der Waals surface area contributed by atoms with Gasteiger partial charge >= 0.3 is 5.69 Å². The molecule has 8 nitrogen and oxygen atoms in total. The van der Waals surface area contributed by atoms with E-state index in [4.69, 9.17) is 0 Å². The van der Waals surface area contributed by atoms with E-state index in [1.807, 2.05) is 0 Å². The Hall–Kier alpha value is -1.74. The molecule has 9 heteroatoms. The smallest absolute Gasteiger partial charge is 0.323 e. The summed E-state index contributed by atoms with van der Waals surface area (Å²) < 4.78 is 0.0650. The molecule has 1 rings (SSSR count). The largest absolute Gasteiger partial charge is 0.329 e. The third-order valence-corrected chi connectivity index (χ3v) is 2.17. The summed E-state index contributed by atoms with van der Waals surface area (Å²) in [4.78, 5) is 28.4. The van der Waals surface area contributed by atoms with Crippen molar-refractivity contribution in [3.63, 3.8) is 0 Å². The van der Waals surface area contributed by atoms with Gasteiger partial charge in [-0.05, 0) is 15.9 Å². The minimum Gasteiger partial charge on any atom is -0.329 e. The normalized spacial score (nSPS) is 9.88. The second-order valence-corrected chi connectivity index (χ2v) is 3.39. The molecule has 0 heterocycles. The van der Waals surface area contributed by atoms with Crippen LogP contribution < -0.4 is 4.89 Å². The third kappa shape index (κ3) is 2.44. The van der Waals surface area contributed by atoms with Gasteiger partial charge in [-0.25, -0.2) is 0 Å². The zero-order valence-electron chi connectivity index (χ0n) is 7.88. The molecular formula is C7H5BrN2O6. The molecule has 0 aliphatic carbocycles. The van der Waals surface area contributed by atoms with Gasteiger partial charge in [0.1, 0.15) is 0 Å². The van der Waals surface area contributed by atoms with Crippen molar-refractivity contribution in [3.8, 4) is 5.75 Å². The summed E-state index contributed by atoms with van der Waals surface area (Å²) in [5.74, 6) is -0.224. The van der Waals surface area contributed by atoms with Crippen LogP contribution in [0.25, 0.3) is 0 Å². The molecule has 0 saturated heterocycles. The Morgan fingerprint density at radius 3 is 2.31 bits per heavy atom. The molecule has 0 N–H and O–H groups in total. The lowest BCUT2D eigenvalue weighted by Crippen LogP contribution is -1.99. The maximum absolute atomic E-state index is 10.7. The number of hydrogen-bond acceptors (Lipinski definition) is 6. The summed E-state index contributed by atoms with van der Waals surface area (Å²) >= 11 is 2.92. The van der Waals surface area contributed by atoms with Crippen molar-refractivity contribution in [1.29, 1.82) is 0 Å². The van der Waals surface area contributed by atoms with Crippen molar-refractivity contribution in [3.05, 3.63) is 36.8 Å². The molecule has 1 aromatic carbocycles. The number of non-ortho nitro benzene ring substituents is 1. The lowest BCUT2D eigenvalue weighted by molar-refractivity contribution is -0.396. The number of nitrogens with zero attached hydrogens (tertiary/aromatic N) is 2. The highest BCUT2D eigenvalue weighted by molar-refractivity contribution is 9.10. The van der Waals surface area contributed by atoms with E-state index >= 15 is 0 Å². The molecule has 0 aliphatic heterocycles. The SMILES string of the molecule is COOc1c(Br)cc([N+](=O)[O-])cc1[N+](=O)[O-]. The molecule has 0 unspecified atom stereocenters. The van der Waals surface area contributed by atoms with Crippen LogP contribution in [0.1, 0.15) is 0 Å². The van der Waals surface area contributed by atoms with Gasteiger partial charge in [-0.3, -0.25) is 20.2 Å². The molecule has 0 aromatic heterocycles. The number of rotatable bonds is 4. The zero-order valence-corrected chi connectivity index (χ0v) is 9.46. The fraction of sp³-hybridized carbons (Fsp3) is 0.143. The van der Waals surface area contributed by atoms with Crippen molar-refractivity contribution in [2.45, 2.75) is 0 Å². The highest BCUT2D eigenvalue weighted by atomic mass is 79.9. The van der Waals surface area contributed by atoms with Crippen LogP contribution in [0, 0.1) is 20.2 Å². The van der Waals surface area contributed by atoms with Gasteiger partial charge in [0.25, 0.3) is 11.4 Å². The van der Waals surface area contributed by atoms with Crippen molar-refractivity contribution in [1.82, 2.24) is 0 Å². The van der Waals surface area contributed by atoms with E-state index < -0.39 is 21.2 Å². The molecule has 0 saturated carbocycles. The molecule has 0 bridgehead atoms. The van der Waals surface area contributed by atoms with E-state index in [0.717, 1.165) is 19.2 Å². The van der Waals surface area contributed by atoms with E-state index in [-0.39, 0.29) is 10.2 Å². The van der Waals surface area contributed by atoms with Crippen molar-refractivity contribution in [2.24, 2.45) is 0 Å². The zero-order chi connectivity index (χ0) is 12.3. The van der Waals surface area contributed by atoms with Crippen molar-refractivity contribution >= 4 is 27.3 Å². The van der Waals surface area contributed by atoms with Crippen LogP contribution >= 0.6 is 15.9 Å². The molecule has 0 amide bonds. The first-order valence-electron chi connectivity index (χ1n) is 3.80. The molecule has 0 atom stereocenters. The van der Waals surface area contributed by atoms with Crippen LogP contribution in [-0.4, -0.2) is 17.0 Å². The Bertz CT molecular complexity index is 449. The maximum atomic E-state index is 10.7. The van der Waals surface area contributed by atoms with Gasteiger partial charge in [0, 0.05) is 6.07 Å². The number of benzene rings is 1. The maximum Gasteiger partial charge on any atom is 0.323 e. The van der Waals surface area contributed by atoms with E-state index in [2.05, 4.69) is 25.7 Å². The highest BCUT2D eigenvalue weighted by Crippen LogP contribution is 2.38. The average Bonchev–Trinajstić information content (AvgIpc) is 2.20. The Labute approximate surface area is 97.1 Å². The van der Waals surface area contributed by atoms with Crippen LogP contribution in [0.15, 0.2) is 16.6 Å². The van der Waals surface area contributed by atoms with Gasteiger partial charge in [-0.1, -0.05) is 0 Å². The Kier molecular flexibility index (Phi) is 3.74. The summed E-state index contributed by atoms with van der Waals surface area (Å²) in [6.45, 7) is 0. The van der Waals surface area contributed by atoms with E-state index in [1.54, 1.807) is 0 Å². The fourth-order valence-corrected chi connectivity index (χ4v) is 1.48. The van der Waals surface area contributed by atoms with Gasteiger partial charge < -0.3 is 4.89 Å². The minimum absolute atomic E-state index is 0.0650. The molecule has 0 radical (unpaired) electrons. The lowest BCUT2D eigenvalue weighted by atomic mass is 10.2. The summed E-state index contributed by atoms with van der Waals surface area (Å²) in [7, 11) is 1.16. The highest BCUT2D eigenvalue weighted by Gasteiger charge is 2.25. The second kappa shape index (κ2) is 4.86. The molecule has 0 aliphatic rings. The van der Waals surface area contributed by atoms with Crippen LogP contribution in [0.2, 0.25) is 0 Å². The monoisotopic (exact) mass is 292 g/mol. The van der Waals surface area contributed by atoms with Crippen LogP contribution in [0.4, 0.5) is 11.4 Å². The van der Waals surface area contributed by atoms with Crippen LogP contribution in [-0.2, 0) is 4.89 Å². The number of nitro groups is 2. The van der Waals surface area contributed by atoms with E-state index in [9.17, 15) is 20.2 Å². The van der Waals surface area contributed by atoms with Gasteiger partial charge in [0.05, 0.1) is 27.5 Å². The second-order valence-electron chi connectivity index (χ2n) is 2.54. The number of halogens is 1. The molecular weight excluding hydrogens is 288 g/mol. The Morgan fingerprint density at radius 2 is 1.88 bits per heavy atom. The van der Waals surface area contributed by atoms with E-state index in [0.29, 0.717) is 0 Å². The Morgan fingerprint density at radius 1 is 1.25 bits per heavy atom. The van der Waals surface area contributed by atoms with Gasteiger partial charge in [-0.2, -0.15) is 4.89 Å². The van der Waals surface area contributed by atoms with Crippen molar-refractivity contribution < 1.29 is 19.6 Å². The molecule has 16 heavy (non-hydrogen) atoms. The van der Waals surface area contributed by atoms with Gasteiger partial charge in [0.2, 0.25) is 0 Å². The summed E-state index contributed by atoms with van der Waals surface area (Å²) in [6, 6.07) is 1.88. The third-order valence-electron chi connectivity index (χ3n) is 1.58. The summed E-state index contributed by atoms with van der Waals surface area (Å²) in [5.41, 5.74) is -0.968. The predicted molar refractivity (Wildman–Crippen MR) is 55.1 cm³/mol. The first-order chi connectivity index (χ1) is 7.47. The molecule has 1 aromatic rings. The predicted octanol–water partition coefficient (Wildman–Crippen LogP) is 2.21. The molecule has 0 spiro atoms. The van der Waals surface area contributed by atoms with Gasteiger partial charge in [-0.15, -0.1) is 0 Å². The topological polar surface area (TPSA) is 105 Å². The lowest BCUT2D eigenvalue weighted by Gasteiger charge is -2.04. The number of nitro benzene ring substituents is 2. The van der Waals surface area contributed by atoms with E-state index in [1.165, 1.54) is 0 Å². The first kappa shape index (κ1) is 12.3. The standard InChI is InChI=1S/C7H5BrN2O6/c1-15-16-7-5(8)2-4(9(11)12)3-6(7)10(13)14/h2-3H,1H3. The quantitative estimate of drug-likeness (QED) is 0.478. The van der Waals surface area contributed by atoms with Crippen LogP contribution in [0.5, 0.6) is 5.75 Å². The fourth-order valence-electron chi connectivity index (χ4n) is 0.972. The minimum atomic E-state index is -0.799. The molecule has 0 fully saturated rings. The van der Waals surface area contributed by atoms with Crippen LogP contribution in [0.3, 0.4) is 0 Å². The first-order valence-corrected chi connectivity index (χ1v) is 4.59. The van der Waals surface area contributed by atoms with Crippen molar-refractivity contribution in [2.75, 3.05) is 7.11 Å².